The van der Waals surface area contributed by atoms with Gasteiger partial charge in [-0.05, 0) is 35.9 Å². The standard InChI is InChI=1S/C16H10BrN3O/c17-12-1-2-15-11(5-12)7-14(21)8-16(20-15)10-3-4-19-13(6-10)9-18/h1-6H,7-8H2. The summed E-state index contributed by atoms with van der Waals surface area (Å²) in [5, 5.41) is 8.93. The van der Waals surface area contributed by atoms with E-state index in [4.69, 9.17) is 5.26 Å². The number of rotatable bonds is 1. The first-order valence-corrected chi connectivity index (χ1v) is 7.19. The van der Waals surface area contributed by atoms with Crippen molar-refractivity contribution in [3.05, 3.63) is 57.8 Å². The molecule has 2 heterocycles. The van der Waals surface area contributed by atoms with Crippen molar-refractivity contribution in [2.24, 2.45) is 4.99 Å². The normalized spacial score (nSPS) is 13.9. The number of nitriles is 1. The number of Topliss-reactive ketones (excluding diaryl/α,β-unsaturated/α-hetero) is 1. The van der Waals surface area contributed by atoms with Crippen molar-refractivity contribution in [1.82, 2.24) is 4.98 Å². The molecule has 0 bridgehead atoms. The van der Waals surface area contributed by atoms with E-state index in [0.29, 0.717) is 17.8 Å². The van der Waals surface area contributed by atoms with Crippen molar-refractivity contribution in [3.63, 3.8) is 0 Å². The number of pyridine rings is 1. The molecular weight excluding hydrogens is 330 g/mol. The van der Waals surface area contributed by atoms with Gasteiger partial charge in [0.15, 0.2) is 0 Å². The predicted molar refractivity (Wildman–Crippen MR) is 82.6 cm³/mol. The zero-order valence-electron chi connectivity index (χ0n) is 11.0. The molecule has 21 heavy (non-hydrogen) atoms. The second-order valence-corrected chi connectivity index (χ2v) is 5.68. The van der Waals surface area contributed by atoms with Crippen molar-refractivity contribution in [2.45, 2.75) is 12.8 Å². The minimum atomic E-state index is 0.112. The van der Waals surface area contributed by atoms with Crippen molar-refractivity contribution in [1.29, 1.82) is 5.26 Å². The van der Waals surface area contributed by atoms with E-state index in [1.54, 1.807) is 18.3 Å². The molecule has 1 aliphatic rings. The SMILES string of the molecule is N#Cc1cc(C2=Nc3ccc(Br)cc3CC(=O)C2)ccn1. The van der Waals surface area contributed by atoms with E-state index >= 15 is 0 Å². The third kappa shape index (κ3) is 2.91. The monoisotopic (exact) mass is 339 g/mol. The molecule has 102 valence electrons. The lowest BCUT2D eigenvalue weighted by atomic mass is 10.0. The Balaban J connectivity index is 2.11. The average Bonchev–Trinajstić information content (AvgIpc) is 2.65. The first-order chi connectivity index (χ1) is 10.2. The molecule has 0 amide bonds. The number of hydrogen-bond donors (Lipinski definition) is 0. The molecule has 0 saturated heterocycles. The number of carbonyl (C=O) groups is 1. The molecule has 0 atom stereocenters. The third-order valence-electron chi connectivity index (χ3n) is 3.26. The number of benzene rings is 1. The van der Waals surface area contributed by atoms with Gasteiger partial charge in [-0.15, -0.1) is 0 Å². The van der Waals surface area contributed by atoms with Crippen molar-refractivity contribution >= 4 is 33.1 Å². The number of halogens is 1. The summed E-state index contributed by atoms with van der Waals surface area (Å²) >= 11 is 3.41. The van der Waals surface area contributed by atoms with Crippen LogP contribution in [0, 0.1) is 11.3 Å². The Morgan fingerprint density at radius 2 is 2.05 bits per heavy atom. The van der Waals surface area contributed by atoms with Crippen LogP contribution in [0.25, 0.3) is 0 Å². The number of nitrogens with zero attached hydrogens (tertiary/aromatic N) is 3. The maximum atomic E-state index is 12.1. The highest BCUT2D eigenvalue weighted by molar-refractivity contribution is 9.10. The van der Waals surface area contributed by atoms with Gasteiger partial charge in [-0.25, -0.2) is 4.98 Å². The average molecular weight is 340 g/mol. The molecule has 1 aliphatic heterocycles. The van der Waals surface area contributed by atoms with Gasteiger partial charge in [-0.3, -0.25) is 9.79 Å². The highest BCUT2D eigenvalue weighted by Gasteiger charge is 2.18. The Morgan fingerprint density at radius 3 is 2.86 bits per heavy atom. The molecule has 4 nitrogen and oxygen atoms in total. The number of fused-ring (bicyclic) bond motifs is 1. The minimum absolute atomic E-state index is 0.112. The van der Waals surface area contributed by atoms with Gasteiger partial charge >= 0.3 is 0 Å². The third-order valence-corrected chi connectivity index (χ3v) is 3.75. The highest BCUT2D eigenvalue weighted by Crippen LogP contribution is 2.28. The van der Waals surface area contributed by atoms with Crippen LogP contribution in [0.2, 0.25) is 0 Å². The molecule has 5 heteroatoms. The van der Waals surface area contributed by atoms with Crippen LogP contribution in [0.15, 0.2) is 46.0 Å². The minimum Gasteiger partial charge on any atom is -0.299 e. The van der Waals surface area contributed by atoms with Gasteiger partial charge in [0.1, 0.15) is 17.5 Å². The molecule has 0 fully saturated rings. The summed E-state index contributed by atoms with van der Waals surface area (Å²) in [5.74, 6) is 0.112. The Bertz CT molecular complexity index is 805. The molecule has 2 aromatic rings. The summed E-state index contributed by atoms with van der Waals surface area (Å²) in [6.45, 7) is 0. The van der Waals surface area contributed by atoms with Gasteiger partial charge in [0.2, 0.25) is 0 Å². The summed E-state index contributed by atoms with van der Waals surface area (Å²) in [6, 6.07) is 11.2. The molecular formula is C16H10BrN3O. The van der Waals surface area contributed by atoms with E-state index in [2.05, 4.69) is 25.9 Å². The topological polar surface area (TPSA) is 66.1 Å². The van der Waals surface area contributed by atoms with Gasteiger partial charge in [-0.2, -0.15) is 5.26 Å². The maximum Gasteiger partial charge on any atom is 0.143 e. The Morgan fingerprint density at radius 1 is 1.19 bits per heavy atom. The van der Waals surface area contributed by atoms with Crippen LogP contribution in [0.5, 0.6) is 0 Å². The second kappa shape index (κ2) is 5.58. The number of hydrogen-bond acceptors (Lipinski definition) is 4. The van der Waals surface area contributed by atoms with E-state index < -0.39 is 0 Å². The Labute approximate surface area is 130 Å². The number of aliphatic imine (C=N–C) groups is 1. The van der Waals surface area contributed by atoms with E-state index in [1.807, 2.05) is 24.3 Å². The van der Waals surface area contributed by atoms with Crippen LogP contribution in [0.4, 0.5) is 5.69 Å². The quantitative estimate of drug-likeness (QED) is 0.800. The molecule has 0 unspecified atom stereocenters. The van der Waals surface area contributed by atoms with Crippen LogP contribution >= 0.6 is 15.9 Å². The fourth-order valence-electron chi connectivity index (χ4n) is 2.29. The first kappa shape index (κ1) is 13.7. The summed E-state index contributed by atoms with van der Waals surface area (Å²) in [6.07, 6.45) is 2.20. The fraction of sp³-hybridized carbons (Fsp3) is 0.125. The molecule has 0 spiro atoms. The second-order valence-electron chi connectivity index (χ2n) is 4.77. The zero-order chi connectivity index (χ0) is 14.8. The summed E-state index contributed by atoms with van der Waals surface area (Å²) in [7, 11) is 0. The van der Waals surface area contributed by atoms with E-state index in [9.17, 15) is 4.79 Å². The van der Waals surface area contributed by atoms with Crippen molar-refractivity contribution in [3.8, 4) is 6.07 Å². The number of aromatic nitrogens is 1. The van der Waals surface area contributed by atoms with Crippen LogP contribution < -0.4 is 0 Å². The molecule has 0 N–H and O–H groups in total. The number of ketones is 1. The molecule has 0 radical (unpaired) electrons. The van der Waals surface area contributed by atoms with Gasteiger partial charge in [0.05, 0.1) is 11.4 Å². The van der Waals surface area contributed by atoms with Gasteiger partial charge < -0.3 is 0 Å². The maximum absolute atomic E-state index is 12.1. The summed E-state index contributed by atoms with van der Waals surface area (Å²) in [4.78, 5) is 20.7. The number of carbonyl (C=O) groups excluding carboxylic acids is 1. The molecule has 1 aromatic heterocycles. The van der Waals surface area contributed by atoms with Crippen LogP contribution in [0.1, 0.15) is 23.2 Å². The van der Waals surface area contributed by atoms with Gasteiger partial charge in [-0.1, -0.05) is 15.9 Å². The first-order valence-electron chi connectivity index (χ1n) is 6.40. The van der Waals surface area contributed by atoms with E-state index in [1.165, 1.54) is 0 Å². The molecule has 3 rings (SSSR count). The molecule has 0 aliphatic carbocycles. The highest BCUT2D eigenvalue weighted by atomic mass is 79.9. The van der Waals surface area contributed by atoms with E-state index in [0.717, 1.165) is 21.3 Å². The Kier molecular flexibility index (Phi) is 3.63. The van der Waals surface area contributed by atoms with Gasteiger partial charge in [0.25, 0.3) is 0 Å². The van der Waals surface area contributed by atoms with Crippen molar-refractivity contribution < 1.29 is 4.79 Å². The lowest BCUT2D eigenvalue weighted by Gasteiger charge is -2.04. The van der Waals surface area contributed by atoms with Crippen LogP contribution in [-0.4, -0.2) is 16.5 Å². The molecule has 0 saturated carbocycles. The van der Waals surface area contributed by atoms with Crippen LogP contribution in [0.3, 0.4) is 0 Å². The van der Waals surface area contributed by atoms with E-state index in [-0.39, 0.29) is 12.2 Å². The van der Waals surface area contributed by atoms with Gasteiger partial charge in [0, 0.05) is 29.1 Å². The van der Waals surface area contributed by atoms with Crippen molar-refractivity contribution in [2.75, 3.05) is 0 Å². The summed E-state index contributed by atoms with van der Waals surface area (Å²) in [5.41, 5.74) is 3.49. The lowest BCUT2D eigenvalue weighted by molar-refractivity contribution is -0.117. The summed E-state index contributed by atoms with van der Waals surface area (Å²) < 4.78 is 0.934. The lowest BCUT2D eigenvalue weighted by Crippen LogP contribution is -2.09. The fourth-order valence-corrected chi connectivity index (χ4v) is 2.70. The Hall–Kier alpha value is -2.32. The molecule has 1 aromatic carbocycles. The smallest absolute Gasteiger partial charge is 0.143 e. The predicted octanol–water partition coefficient (Wildman–Crippen LogP) is 3.35. The zero-order valence-corrected chi connectivity index (χ0v) is 12.6. The van der Waals surface area contributed by atoms with Crippen LogP contribution in [-0.2, 0) is 11.2 Å². The largest absolute Gasteiger partial charge is 0.299 e.